The largest absolute Gasteiger partial charge is 0.369 e. The second-order valence-corrected chi connectivity index (χ2v) is 7.14. The Bertz CT molecular complexity index is 731. The van der Waals surface area contributed by atoms with Crippen LogP contribution < -0.4 is 10.2 Å². The summed E-state index contributed by atoms with van der Waals surface area (Å²) in [5.41, 5.74) is 2.29. The number of hydrogen-bond acceptors (Lipinski definition) is 4. The van der Waals surface area contributed by atoms with Gasteiger partial charge in [0.2, 0.25) is 0 Å². The molecule has 1 aromatic carbocycles. The Balaban J connectivity index is 1.69. The van der Waals surface area contributed by atoms with Gasteiger partial charge in [0.15, 0.2) is 0 Å². The molecule has 1 unspecified atom stereocenters. The number of aromatic nitrogens is 1. The Kier molecular flexibility index (Phi) is 5.04. The Hall–Kier alpha value is -2.40. The molecule has 1 aliphatic heterocycles. The molecule has 5 nitrogen and oxygen atoms in total. The molecule has 1 amide bonds. The van der Waals surface area contributed by atoms with E-state index in [1.165, 1.54) is 0 Å². The average molecular weight is 339 g/mol. The Morgan fingerprint density at radius 2 is 2.08 bits per heavy atom. The van der Waals surface area contributed by atoms with E-state index >= 15 is 0 Å². The molecule has 2 aromatic rings. The molecule has 0 aliphatic carbocycles. The van der Waals surface area contributed by atoms with E-state index in [2.05, 4.69) is 36.0 Å². The minimum absolute atomic E-state index is 0.146. The molecule has 132 valence electrons. The smallest absolute Gasteiger partial charge is 0.270 e. The fourth-order valence-corrected chi connectivity index (χ4v) is 3.26. The number of nitrogens with zero attached hydrogens (tertiary/aromatic N) is 2. The highest BCUT2D eigenvalue weighted by Gasteiger charge is 2.31. The van der Waals surface area contributed by atoms with Crippen molar-refractivity contribution in [2.24, 2.45) is 0 Å². The van der Waals surface area contributed by atoms with Crippen molar-refractivity contribution in [1.29, 1.82) is 0 Å². The molecule has 0 radical (unpaired) electrons. The highest BCUT2D eigenvalue weighted by molar-refractivity contribution is 5.93. The summed E-state index contributed by atoms with van der Waals surface area (Å²) in [6.07, 6.45) is 1.84. The fraction of sp³-hybridized carbons (Fsp3) is 0.400. The van der Waals surface area contributed by atoms with Crippen molar-refractivity contribution < 1.29 is 9.53 Å². The minimum Gasteiger partial charge on any atom is -0.369 e. The number of morpholine rings is 1. The van der Waals surface area contributed by atoms with Crippen LogP contribution in [0.4, 0.5) is 5.69 Å². The second-order valence-electron chi connectivity index (χ2n) is 7.14. The predicted molar refractivity (Wildman–Crippen MR) is 98.7 cm³/mol. The number of carbonyl (C=O) groups is 1. The number of hydrogen-bond donors (Lipinski definition) is 1. The van der Waals surface area contributed by atoms with Gasteiger partial charge in [-0.1, -0.05) is 30.3 Å². The summed E-state index contributed by atoms with van der Waals surface area (Å²) in [6.45, 7) is 8.33. The molecular formula is C20H25N3O2. The van der Waals surface area contributed by atoms with Crippen molar-refractivity contribution in [3.8, 4) is 0 Å². The third kappa shape index (κ3) is 4.57. The van der Waals surface area contributed by atoms with Crippen LogP contribution in [-0.4, -0.2) is 35.7 Å². The predicted octanol–water partition coefficient (Wildman–Crippen LogP) is 3.02. The quantitative estimate of drug-likeness (QED) is 0.930. The van der Waals surface area contributed by atoms with Crippen molar-refractivity contribution in [2.75, 3.05) is 18.0 Å². The van der Waals surface area contributed by atoms with Crippen LogP contribution in [0.3, 0.4) is 0 Å². The molecule has 1 N–H and O–H groups in total. The summed E-state index contributed by atoms with van der Waals surface area (Å²) in [4.78, 5) is 18.9. The van der Waals surface area contributed by atoms with E-state index in [1.54, 1.807) is 6.20 Å². The fourth-order valence-electron chi connectivity index (χ4n) is 3.26. The first-order chi connectivity index (χ1) is 11.9. The van der Waals surface area contributed by atoms with Gasteiger partial charge in [-0.3, -0.25) is 9.78 Å². The van der Waals surface area contributed by atoms with Gasteiger partial charge >= 0.3 is 0 Å². The topological polar surface area (TPSA) is 54.5 Å². The number of anilines is 1. The summed E-state index contributed by atoms with van der Waals surface area (Å²) in [5.74, 6) is -0.161. The van der Waals surface area contributed by atoms with E-state index in [1.807, 2.05) is 42.5 Å². The van der Waals surface area contributed by atoms with E-state index in [-0.39, 0.29) is 17.6 Å². The number of carbonyl (C=O) groups excluding carboxylic acids is 1. The average Bonchev–Trinajstić information content (AvgIpc) is 2.59. The normalized spacial score (nSPS) is 19.5. The van der Waals surface area contributed by atoms with Crippen LogP contribution in [0.2, 0.25) is 0 Å². The zero-order valence-electron chi connectivity index (χ0n) is 15.0. The summed E-state index contributed by atoms with van der Waals surface area (Å²) in [6, 6.07) is 13.7. The summed E-state index contributed by atoms with van der Waals surface area (Å²) >= 11 is 0. The number of benzene rings is 1. The van der Waals surface area contributed by atoms with Crippen molar-refractivity contribution in [3.05, 3.63) is 59.9 Å². The lowest BCUT2D eigenvalue weighted by atomic mass is 10.0. The molecular weight excluding hydrogens is 314 g/mol. The van der Waals surface area contributed by atoms with E-state index in [0.717, 1.165) is 24.3 Å². The van der Waals surface area contributed by atoms with Crippen LogP contribution in [-0.2, 0) is 11.3 Å². The van der Waals surface area contributed by atoms with Gasteiger partial charge < -0.3 is 15.0 Å². The zero-order chi connectivity index (χ0) is 17.9. The number of pyridine rings is 1. The lowest BCUT2D eigenvalue weighted by Crippen LogP contribution is -2.52. The highest BCUT2D eigenvalue weighted by Crippen LogP contribution is 2.26. The third-order valence-corrected chi connectivity index (χ3v) is 4.21. The molecule has 1 atom stereocenters. The maximum Gasteiger partial charge on any atom is 0.270 e. The van der Waals surface area contributed by atoms with Gasteiger partial charge in [0.25, 0.3) is 5.91 Å². The second kappa shape index (κ2) is 7.23. The van der Waals surface area contributed by atoms with E-state index in [9.17, 15) is 4.79 Å². The van der Waals surface area contributed by atoms with Crippen LogP contribution in [0.15, 0.2) is 48.7 Å². The van der Waals surface area contributed by atoms with E-state index < -0.39 is 0 Å². The lowest BCUT2D eigenvalue weighted by molar-refractivity contribution is -0.0749. The Morgan fingerprint density at radius 1 is 1.32 bits per heavy atom. The van der Waals surface area contributed by atoms with Gasteiger partial charge in [0.05, 0.1) is 11.7 Å². The monoisotopic (exact) mass is 339 g/mol. The van der Waals surface area contributed by atoms with E-state index in [0.29, 0.717) is 12.2 Å². The maximum absolute atomic E-state index is 12.4. The molecule has 1 aliphatic rings. The van der Waals surface area contributed by atoms with Crippen LogP contribution in [0.1, 0.15) is 36.8 Å². The summed E-state index contributed by atoms with van der Waals surface area (Å²) in [5, 5.41) is 2.93. The summed E-state index contributed by atoms with van der Waals surface area (Å²) in [7, 11) is 0. The van der Waals surface area contributed by atoms with Gasteiger partial charge in [-0.05, 0) is 38.5 Å². The number of rotatable bonds is 4. The molecule has 5 heteroatoms. The first-order valence-electron chi connectivity index (χ1n) is 8.64. The molecule has 1 fully saturated rings. The van der Waals surface area contributed by atoms with Crippen LogP contribution in [0, 0.1) is 0 Å². The molecule has 25 heavy (non-hydrogen) atoms. The van der Waals surface area contributed by atoms with Gasteiger partial charge in [0.1, 0.15) is 5.69 Å². The lowest BCUT2D eigenvalue weighted by Gasteiger charge is -2.42. The van der Waals surface area contributed by atoms with Gasteiger partial charge in [-0.25, -0.2) is 0 Å². The van der Waals surface area contributed by atoms with Crippen molar-refractivity contribution in [3.63, 3.8) is 0 Å². The standard InChI is InChI=1S/C20H25N3O2/c1-15-13-23(14-20(2,3)25-15)17-9-10-21-18(11-17)19(24)22-12-16-7-5-4-6-8-16/h4-11,15H,12-14H2,1-3H3,(H,22,24). The molecule has 1 aromatic heterocycles. The molecule has 0 saturated carbocycles. The number of ether oxygens (including phenoxy) is 1. The van der Waals surface area contributed by atoms with Crippen molar-refractivity contribution in [2.45, 2.75) is 39.0 Å². The molecule has 0 bridgehead atoms. The van der Waals surface area contributed by atoms with Crippen LogP contribution >= 0.6 is 0 Å². The summed E-state index contributed by atoms with van der Waals surface area (Å²) < 4.78 is 5.95. The van der Waals surface area contributed by atoms with Crippen LogP contribution in [0.5, 0.6) is 0 Å². The third-order valence-electron chi connectivity index (χ3n) is 4.21. The van der Waals surface area contributed by atoms with Gasteiger partial charge in [-0.2, -0.15) is 0 Å². The molecule has 3 rings (SSSR count). The van der Waals surface area contributed by atoms with Gasteiger partial charge in [-0.15, -0.1) is 0 Å². The van der Waals surface area contributed by atoms with E-state index in [4.69, 9.17) is 4.74 Å². The first kappa shape index (κ1) is 17.4. The SMILES string of the molecule is CC1CN(c2ccnc(C(=O)NCc3ccccc3)c2)CC(C)(C)O1. The Labute approximate surface area is 149 Å². The van der Waals surface area contributed by atoms with Crippen molar-refractivity contribution in [1.82, 2.24) is 10.3 Å². The Morgan fingerprint density at radius 3 is 2.80 bits per heavy atom. The number of nitrogens with one attached hydrogen (secondary N) is 1. The highest BCUT2D eigenvalue weighted by atomic mass is 16.5. The number of amides is 1. The minimum atomic E-state index is -0.212. The molecule has 0 spiro atoms. The first-order valence-corrected chi connectivity index (χ1v) is 8.64. The van der Waals surface area contributed by atoms with Crippen molar-refractivity contribution >= 4 is 11.6 Å². The molecule has 2 heterocycles. The zero-order valence-corrected chi connectivity index (χ0v) is 15.0. The van der Waals surface area contributed by atoms with Crippen LogP contribution in [0.25, 0.3) is 0 Å². The maximum atomic E-state index is 12.4. The van der Waals surface area contributed by atoms with Gasteiger partial charge in [0, 0.05) is 31.5 Å². The molecule has 1 saturated heterocycles.